The minimum Gasteiger partial charge on any atom is -0.507 e. The van der Waals surface area contributed by atoms with Crippen molar-refractivity contribution in [3.8, 4) is 5.75 Å². The maximum absolute atomic E-state index is 12.4. The number of hydrogen-bond donors (Lipinski definition) is 2. The van der Waals surface area contributed by atoms with Crippen molar-refractivity contribution in [3.63, 3.8) is 0 Å². The molecule has 0 aliphatic rings. The summed E-state index contributed by atoms with van der Waals surface area (Å²) < 4.78 is 0. The second-order valence-corrected chi connectivity index (χ2v) is 5.62. The van der Waals surface area contributed by atoms with Gasteiger partial charge in [0.25, 0.3) is 5.91 Å². The molecule has 0 aliphatic carbocycles. The van der Waals surface area contributed by atoms with Gasteiger partial charge in [-0.25, -0.2) is 0 Å². The molecule has 0 heterocycles. The fourth-order valence-corrected chi connectivity index (χ4v) is 2.65. The number of carbonyl (C=O) groups excluding carboxylic acids is 1. The highest BCUT2D eigenvalue weighted by Crippen LogP contribution is 2.25. The van der Waals surface area contributed by atoms with Crippen LogP contribution in [0.25, 0.3) is 10.8 Å². The number of aryl methyl sites for hydroxylation is 1. The number of hydrogen-bond acceptors (Lipinski definition) is 2. The van der Waals surface area contributed by atoms with Crippen molar-refractivity contribution in [1.29, 1.82) is 0 Å². The summed E-state index contributed by atoms with van der Waals surface area (Å²) in [7, 11) is 0. The average Bonchev–Trinajstić information content (AvgIpc) is 2.56. The summed E-state index contributed by atoms with van der Waals surface area (Å²) in [6.07, 6.45) is 2.12. The molecule has 0 bridgehead atoms. The average molecular weight is 305 g/mol. The minimum absolute atomic E-state index is 0.0104. The second kappa shape index (κ2) is 6.53. The zero-order chi connectivity index (χ0) is 16.2. The summed E-state index contributed by atoms with van der Waals surface area (Å²) in [6.45, 7) is 2.14. The highest BCUT2D eigenvalue weighted by atomic mass is 16.3. The van der Waals surface area contributed by atoms with Crippen molar-refractivity contribution in [2.45, 2.75) is 19.8 Å². The first-order chi connectivity index (χ1) is 11.2. The Labute approximate surface area is 135 Å². The molecule has 0 aliphatic heterocycles. The zero-order valence-corrected chi connectivity index (χ0v) is 13.0. The maximum atomic E-state index is 12.4. The van der Waals surface area contributed by atoms with Gasteiger partial charge in [0.05, 0.1) is 5.56 Å². The molecule has 116 valence electrons. The van der Waals surface area contributed by atoms with Crippen LogP contribution in [0.15, 0.2) is 60.7 Å². The summed E-state index contributed by atoms with van der Waals surface area (Å²) in [5.41, 5.74) is 2.25. The summed E-state index contributed by atoms with van der Waals surface area (Å²) in [5, 5.41) is 14.8. The Morgan fingerprint density at radius 1 is 1.00 bits per heavy atom. The van der Waals surface area contributed by atoms with Gasteiger partial charge in [0.1, 0.15) is 5.75 Å². The smallest absolute Gasteiger partial charge is 0.259 e. The Hall–Kier alpha value is -2.81. The van der Waals surface area contributed by atoms with Crippen LogP contribution in [-0.2, 0) is 6.42 Å². The van der Waals surface area contributed by atoms with Crippen LogP contribution < -0.4 is 5.32 Å². The Kier molecular flexibility index (Phi) is 4.29. The van der Waals surface area contributed by atoms with Crippen molar-refractivity contribution in [2.75, 3.05) is 5.32 Å². The molecule has 0 atom stereocenters. The lowest BCUT2D eigenvalue weighted by molar-refractivity contribution is 0.102. The molecular weight excluding hydrogens is 286 g/mol. The van der Waals surface area contributed by atoms with Crippen LogP contribution in [0.1, 0.15) is 29.3 Å². The van der Waals surface area contributed by atoms with Crippen LogP contribution in [0, 0.1) is 0 Å². The summed E-state index contributed by atoms with van der Waals surface area (Å²) >= 11 is 0. The predicted octanol–water partition coefficient (Wildman–Crippen LogP) is 4.75. The minimum atomic E-state index is -0.309. The van der Waals surface area contributed by atoms with E-state index in [0.717, 1.165) is 29.3 Å². The first-order valence-electron chi connectivity index (χ1n) is 7.79. The van der Waals surface area contributed by atoms with E-state index in [1.54, 1.807) is 12.1 Å². The molecular formula is C20H19NO2. The summed E-state index contributed by atoms with van der Waals surface area (Å²) in [4.78, 5) is 12.4. The molecule has 0 fully saturated rings. The normalized spacial score (nSPS) is 10.7. The third kappa shape index (κ3) is 3.34. The van der Waals surface area contributed by atoms with Gasteiger partial charge in [-0.2, -0.15) is 0 Å². The first kappa shape index (κ1) is 15.1. The maximum Gasteiger partial charge on any atom is 0.259 e. The van der Waals surface area contributed by atoms with Gasteiger partial charge < -0.3 is 10.4 Å². The van der Waals surface area contributed by atoms with Crippen LogP contribution >= 0.6 is 0 Å². The van der Waals surface area contributed by atoms with Crippen LogP contribution in [0.5, 0.6) is 5.75 Å². The zero-order valence-electron chi connectivity index (χ0n) is 13.0. The molecule has 3 aromatic carbocycles. The molecule has 0 radical (unpaired) electrons. The van der Waals surface area contributed by atoms with Crippen molar-refractivity contribution in [1.82, 2.24) is 0 Å². The Morgan fingerprint density at radius 2 is 1.65 bits per heavy atom. The molecule has 3 rings (SSSR count). The van der Waals surface area contributed by atoms with E-state index < -0.39 is 0 Å². The van der Waals surface area contributed by atoms with Gasteiger partial charge in [0.15, 0.2) is 0 Å². The molecule has 3 aromatic rings. The van der Waals surface area contributed by atoms with Gasteiger partial charge in [0, 0.05) is 5.69 Å². The van der Waals surface area contributed by atoms with Crippen molar-refractivity contribution in [3.05, 3.63) is 71.8 Å². The number of phenolic OH excluding ortho intramolecular Hbond substituents is 1. The number of benzene rings is 3. The van der Waals surface area contributed by atoms with Gasteiger partial charge in [-0.15, -0.1) is 0 Å². The quantitative estimate of drug-likeness (QED) is 0.730. The van der Waals surface area contributed by atoms with Gasteiger partial charge in [0.2, 0.25) is 0 Å². The number of fused-ring (bicyclic) bond motifs is 1. The molecule has 0 spiro atoms. The Morgan fingerprint density at radius 3 is 2.30 bits per heavy atom. The third-order valence-corrected chi connectivity index (χ3v) is 3.86. The van der Waals surface area contributed by atoms with E-state index in [0.29, 0.717) is 0 Å². The van der Waals surface area contributed by atoms with Crippen LogP contribution in [0.2, 0.25) is 0 Å². The van der Waals surface area contributed by atoms with Crippen LogP contribution in [0.3, 0.4) is 0 Å². The highest BCUT2D eigenvalue weighted by Gasteiger charge is 2.12. The molecule has 2 N–H and O–H groups in total. The molecule has 1 amide bonds. The topological polar surface area (TPSA) is 49.3 Å². The third-order valence-electron chi connectivity index (χ3n) is 3.86. The predicted molar refractivity (Wildman–Crippen MR) is 94.0 cm³/mol. The van der Waals surface area contributed by atoms with E-state index in [2.05, 4.69) is 12.2 Å². The lowest BCUT2D eigenvalue weighted by atomic mass is 10.1. The van der Waals surface area contributed by atoms with Crippen LogP contribution in [-0.4, -0.2) is 11.0 Å². The number of carbonyl (C=O) groups is 1. The number of amides is 1. The van der Waals surface area contributed by atoms with Gasteiger partial charge in [-0.05, 0) is 47.0 Å². The fraction of sp³-hybridized carbons (Fsp3) is 0.150. The SMILES string of the molecule is CCCc1ccc(NC(=O)c2cc3ccccc3cc2O)cc1. The first-order valence-corrected chi connectivity index (χ1v) is 7.79. The van der Waals surface area contributed by atoms with E-state index in [4.69, 9.17) is 0 Å². The number of aromatic hydroxyl groups is 1. The molecule has 3 nitrogen and oxygen atoms in total. The Balaban J connectivity index is 1.84. The molecule has 3 heteroatoms. The highest BCUT2D eigenvalue weighted by molar-refractivity contribution is 6.08. The molecule has 0 saturated heterocycles. The van der Waals surface area contributed by atoms with E-state index in [1.807, 2.05) is 48.5 Å². The molecule has 0 aromatic heterocycles. The van der Waals surface area contributed by atoms with E-state index in [9.17, 15) is 9.90 Å². The van der Waals surface area contributed by atoms with Gasteiger partial charge >= 0.3 is 0 Å². The van der Waals surface area contributed by atoms with E-state index in [1.165, 1.54) is 5.56 Å². The van der Waals surface area contributed by atoms with E-state index in [-0.39, 0.29) is 17.2 Å². The van der Waals surface area contributed by atoms with Gasteiger partial charge in [-0.3, -0.25) is 4.79 Å². The van der Waals surface area contributed by atoms with Crippen molar-refractivity contribution < 1.29 is 9.90 Å². The fourth-order valence-electron chi connectivity index (χ4n) is 2.65. The lowest BCUT2D eigenvalue weighted by Crippen LogP contribution is -2.12. The Bertz CT molecular complexity index is 838. The van der Waals surface area contributed by atoms with Crippen molar-refractivity contribution in [2.24, 2.45) is 0 Å². The largest absolute Gasteiger partial charge is 0.507 e. The van der Waals surface area contributed by atoms with Crippen molar-refractivity contribution >= 4 is 22.4 Å². The van der Waals surface area contributed by atoms with E-state index >= 15 is 0 Å². The van der Waals surface area contributed by atoms with Crippen LogP contribution in [0.4, 0.5) is 5.69 Å². The number of phenols is 1. The lowest BCUT2D eigenvalue weighted by Gasteiger charge is -2.09. The second-order valence-electron chi connectivity index (χ2n) is 5.62. The summed E-state index contributed by atoms with van der Waals surface area (Å²) in [5.74, 6) is -0.319. The molecule has 0 unspecified atom stereocenters. The number of anilines is 1. The standard InChI is InChI=1S/C20H19NO2/c1-2-5-14-8-10-17(11-9-14)21-20(23)18-12-15-6-3-4-7-16(15)13-19(18)22/h3-4,6-13,22H,2,5H2,1H3,(H,21,23). The monoisotopic (exact) mass is 305 g/mol. The number of nitrogens with one attached hydrogen (secondary N) is 1. The van der Waals surface area contributed by atoms with Gasteiger partial charge in [-0.1, -0.05) is 49.7 Å². The summed E-state index contributed by atoms with van der Waals surface area (Å²) in [6, 6.07) is 18.8. The molecule has 23 heavy (non-hydrogen) atoms. The molecule has 0 saturated carbocycles. The number of rotatable bonds is 4.